The number of aromatic nitrogens is 2. The second kappa shape index (κ2) is 3.41. The Labute approximate surface area is 98.1 Å². The molecule has 0 aromatic carbocycles. The van der Waals surface area contributed by atoms with Crippen molar-refractivity contribution >= 4 is 17.5 Å². The number of hydrogen-bond acceptors (Lipinski definition) is 4. The predicted octanol–water partition coefficient (Wildman–Crippen LogP) is 1.88. The molecule has 0 radical (unpaired) electrons. The minimum Gasteiger partial charge on any atom is -0.464 e. The Morgan fingerprint density at radius 1 is 1.53 bits per heavy atom. The number of pyridine rings is 1. The molecule has 3 heterocycles. The van der Waals surface area contributed by atoms with Crippen molar-refractivity contribution in [3.8, 4) is 11.3 Å². The number of aliphatic imine (C=N–C) groups is 1. The lowest BCUT2D eigenvalue weighted by molar-refractivity contribution is 0.0595. The van der Waals surface area contributed by atoms with Crippen molar-refractivity contribution in [3.05, 3.63) is 24.0 Å². The van der Waals surface area contributed by atoms with Gasteiger partial charge in [0.15, 0.2) is 0 Å². The topological polar surface area (TPSA) is 56.5 Å². The second-order valence-corrected chi connectivity index (χ2v) is 4.05. The van der Waals surface area contributed by atoms with E-state index in [9.17, 15) is 4.79 Å². The molecule has 5 heteroatoms. The largest absolute Gasteiger partial charge is 0.464 e. The average Bonchev–Trinajstić information content (AvgIpc) is 2.89. The molecule has 0 unspecified atom stereocenters. The molecule has 0 saturated carbocycles. The summed E-state index contributed by atoms with van der Waals surface area (Å²) in [5.74, 6) is 0.446. The van der Waals surface area contributed by atoms with Crippen LogP contribution in [-0.4, -0.2) is 28.3 Å². The summed E-state index contributed by atoms with van der Waals surface area (Å²) in [6.45, 7) is 2.78. The van der Waals surface area contributed by atoms with Gasteiger partial charge in [-0.05, 0) is 19.1 Å². The third-order valence-corrected chi connectivity index (χ3v) is 2.81. The van der Waals surface area contributed by atoms with Gasteiger partial charge < -0.3 is 9.30 Å². The van der Waals surface area contributed by atoms with Gasteiger partial charge in [-0.2, -0.15) is 0 Å². The average molecular weight is 229 g/mol. The van der Waals surface area contributed by atoms with Gasteiger partial charge in [-0.1, -0.05) is 0 Å². The Balaban J connectivity index is 2.20. The maximum Gasteiger partial charge on any atom is 0.356 e. The third kappa shape index (κ3) is 1.43. The van der Waals surface area contributed by atoms with Crippen LogP contribution in [0.25, 0.3) is 11.3 Å². The van der Waals surface area contributed by atoms with Crippen LogP contribution in [-0.2, 0) is 11.3 Å². The van der Waals surface area contributed by atoms with Crippen LogP contribution in [0.15, 0.2) is 23.3 Å². The standard InChI is InChI=1S/C12H11N3O2/c1-7-6-15-4-3-9-8(11(15)13-7)5-10(14-9)12(16)17-2/h3-5H,6H2,1-2H3. The number of methoxy groups -OCH3 is 1. The van der Waals surface area contributed by atoms with E-state index in [1.54, 1.807) is 6.07 Å². The van der Waals surface area contributed by atoms with Crippen LogP contribution < -0.4 is 0 Å². The highest BCUT2D eigenvalue weighted by Gasteiger charge is 2.22. The first kappa shape index (κ1) is 10.0. The molecular weight excluding hydrogens is 218 g/mol. The first-order chi connectivity index (χ1) is 8.19. The minimum absolute atomic E-state index is 0.330. The monoisotopic (exact) mass is 229 g/mol. The van der Waals surface area contributed by atoms with Gasteiger partial charge in [0.2, 0.25) is 0 Å². The van der Waals surface area contributed by atoms with Crippen molar-refractivity contribution in [1.82, 2.24) is 9.55 Å². The van der Waals surface area contributed by atoms with Crippen molar-refractivity contribution in [2.75, 3.05) is 7.11 Å². The van der Waals surface area contributed by atoms with E-state index in [2.05, 4.69) is 14.7 Å². The van der Waals surface area contributed by atoms with Crippen LogP contribution in [0.3, 0.4) is 0 Å². The number of esters is 1. The summed E-state index contributed by atoms with van der Waals surface area (Å²) in [5, 5.41) is 0. The Bertz CT molecular complexity index is 613. The van der Waals surface area contributed by atoms with Crippen LogP contribution in [0.1, 0.15) is 17.4 Å². The first-order valence-electron chi connectivity index (χ1n) is 5.31. The van der Waals surface area contributed by atoms with E-state index in [0.29, 0.717) is 5.69 Å². The second-order valence-electron chi connectivity index (χ2n) is 4.05. The van der Waals surface area contributed by atoms with Crippen molar-refractivity contribution < 1.29 is 9.53 Å². The fraction of sp³-hybridized carbons (Fsp3) is 0.250. The maximum atomic E-state index is 11.4. The molecule has 0 aromatic rings. The molecule has 5 nitrogen and oxygen atoms in total. The van der Waals surface area contributed by atoms with E-state index in [-0.39, 0.29) is 0 Å². The third-order valence-electron chi connectivity index (χ3n) is 2.81. The highest BCUT2D eigenvalue weighted by atomic mass is 16.5. The summed E-state index contributed by atoms with van der Waals surface area (Å²) in [6.07, 6.45) is 1.94. The molecule has 0 aliphatic carbocycles. The molecule has 3 aliphatic heterocycles. The van der Waals surface area contributed by atoms with Gasteiger partial charge in [-0.3, -0.25) is 0 Å². The quantitative estimate of drug-likeness (QED) is 0.701. The number of nitrogens with zero attached hydrogens (tertiary/aromatic N) is 3. The van der Waals surface area contributed by atoms with Gasteiger partial charge >= 0.3 is 5.97 Å². The van der Waals surface area contributed by atoms with Crippen molar-refractivity contribution in [3.63, 3.8) is 0 Å². The van der Waals surface area contributed by atoms with Crippen LogP contribution in [0.4, 0.5) is 5.82 Å². The molecule has 0 aromatic heterocycles. The SMILES string of the molecule is COC(=O)c1cc2c3n(ccc-2n1)CC(C)=N3. The fourth-order valence-electron chi connectivity index (χ4n) is 2.05. The number of carbonyl (C=O) groups excluding carboxylic acids is 1. The highest BCUT2D eigenvalue weighted by molar-refractivity contribution is 5.95. The molecule has 3 aliphatic rings. The van der Waals surface area contributed by atoms with Gasteiger partial charge in [0.1, 0.15) is 11.5 Å². The molecule has 0 atom stereocenters. The van der Waals surface area contributed by atoms with Crippen LogP contribution in [0, 0.1) is 0 Å². The zero-order valence-electron chi connectivity index (χ0n) is 9.60. The summed E-state index contributed by atoms with van der Waals surface area (Å²) in [5.41, 5.74) is 3.05. The fourth-order valence-corrected chi connectivity index (χ4v) is 2.05. The summed E-state index contributed by atoms with van der Waals surface area (Å²) < 4.78 is 6.70. The van der Waals surface area contributed by atoms with E-state index in [4.69, 9.17) is 0 Å². The number of fused-ring (bicyclic) bond motifs is 3. The molecule has 86 valence electrons. The highest BCUT2D eigenvalue weighted by Crippen LogP contribution is 2.35. The van der Waals surface area contributed by atoms with E-state index in [1.165, 1.54) is 7.11 Å². The Morgan fingerprint density at radius 2 is 2.35 bits per heavy atom. The number of ether oxygens (including phenoxy) is 1. The van der Waals surface area contributed by atoms with Crippen LogP contribution >= 0.6 is 0 Å². The Morgan fingerprint density at radius 3 is 3.12 bits per heavy atom. The zero-order valence-corrected chi connectivity index (χ0v) is 9.60. The Hall–Kier alpha value is -2.17. The van der Waals surface area contributed by atoms with Gasteiger partial charge in [-0.15, -0.1) is 0 Å². The smallest absolute Gasteiger partial charge is 0.356 e. The van der Waals surface area contributed by atoms with Crippen molar-refractivity contribution in [1.29, 1.82) is 0 Å². The van der Waals surface area contributed by atoms with Crippen molar-refractivity contribution in [2.45, 2.75) is 13.5 Å². The molecule has 0 saturated heterocycles. The molecule has 0 amide bonds. The lowest BCUT2D eigenvalue weighted by Gasteiger charge is -2.05. The number of carbonyl (C=O) groups is 1. The van der Waals surface area contributed by atoms with Crippen molar-refractivity contribution in [2.24, 2.45) is 4.99 Å². The zero-order chi connectivity index (χ0) is 12.0. The van der Waals surface area contributed by atoms with Gasteiger partial charge in [0.25, 0.3) is 0 Å². The molecular formula is C12H11N3O2. The first-order valence-corrected chi connectivity index (χ1v) is 5.31. The van der Waals surface area contributed by atoms with Gasteiger partial charge in [-0.25, -0.2) is 14.8 Å². The summed E-state index contributed by atoms with van der Waals surface area (Å²) >= 11 is 0. The van der Waals surface area contributed by atoms with E-state index < -0.39 is 5.97 Å². The molecule has 3 rings (SSSR count). The molecule has 0 spiro atoms. The maximum absolute atomic E-state index is 11.4. The normalized spacial score (nSPS) is 13.6. The molecule has 17 heavy (non-hydrogen) atoms. The van der Waals surface area contributed by atoms with E-state index in [1.807, 2.05) is 23.8 Å². The van der Waals surface area contributed by atoms with E-state index in [0.717, 1.165) is 29.3 Å². The van der Waals surface area contributed by atoms with Crippen LogP contribution in [0.5, 0.6) is 0 Å². The summed E-state index contributed by atoms with van der Waals surface area (Å²) in [7, 11) is 1.35. The molecule has 0 bridgehead atoms. The number of rotatable bonds is 1. The van der Waals surface area contributed by atoms with E-state index >= 15 is 0 Å². The molecule has 0 fully saturated rings. The molecule has 0 N–H and O–H groups in total. The van der Waals surface area contributed by atoms with Gasteiger partial charge in [0.05, 0.1) is 19.3 Å². The lowest BCUT2D eigenvalue weighted by atomic mass is 10.2. The van der Waals surface area contributed by atoms with Gasteiger partial charge in [0, 0.05) is 17.5 Å². The predicted molar refractivity (Wildman–Crippen MR) is 63.0 cm³/mol. The Kier molecular flexibility index (Phi) is 2.01. The summed E-state index contributed by atoms with van der Waals surface area (Å²) in [6, 6.07) is 3.62. The minimum atomic E-state index is -0.418. The number of hydrogen-bond donors (Lipinski definition) is 0. The summed E-state index contributed by atoms with van der Waals surface area (Å²) in [4.78, 5) is 20.1. The van der Waals surface area contributed by atoms with Crippen LogP contribution in [0.2, 0.25) is 0 Å². The lowest BCUT2D eigenvalue weighted by Crippen LogP contribution is -2.00.